The zero-order chi connectivity index (χ0) is 44.7. The normalized spacial score (nSPS) is 11.1. The molecule has 0 radical (unpaired) electrons. The van der Waals surface area contributed by atoms with Gasteiger partial charge in [-0.05, 0) is 116 Å². The minimum absolute atomic E-state index is 0. The number of carbonyl (C=O) groups is 3. The van der Waals surface area contributed by atoms with Crippen LogP contribution in [-0.2, 0) is 14.4 Å². The van der Waals surface area contributed by atoms with E-state index in [9.17, 15) is 29.7 Å². The number of carbonyl (C=O) groups excluding carboxylic acids is 3. The second kappa shape index (κ2) is 63.1. The van der Waals surface area contributed by atoms with Crippen molar-refractivity contribution in [2.75, 3.05) is 0 Å². The van der Waals surface area contributed by atoms with Crippen LogP contribution in [0.15, 0.2) is 36.5 Å². The van der Waals surface area contributed by atoms with Gasteiger partial charge in [0.2, 0.25) is 0 Å². The van der Waals surface area contributed by atoms with Crippen LogP contribution < -0.4 is 15.3 Å². The molecule has 0 saturated carbocycles. The van der Waals surface area contributed by atoms with Gasteiger partial charge in [0.1, 0.15) is 0 Å². The Bertz CT molecular complexity index is 827. The minimum atomic E-state index is -0.914. The van der Waals surface area contributed by atoms with Crippen LogP contribution in [0.3, 0.4) is 0 Å². The van der Waals surface area contributed by atoms with E-state index in [1.54, 1.807) is 0 Å². The summed E-state index contributed by atoms with van der Waals surface area (Å²) in [6, 6.07) is 0. The Morgan fingerprint density at radius 3 is 0.574 bits per heavy atom. The summed E-state index contributed by atoms with van der Waals surface area (Å²) in [6.45, 7) is 6.77. The smallest absolute Gasteiger partial charge is 0.550 e. The van der Waals surface area contributed by atoms with Crippen molar-refractivity contribution in [3.8, 4) is 0 Å². The van der Waals surface area contributed by atoms with E-state index < -0.39 is 17.9 Å². The van der Waals surface area contributed by atoms with Gasteiger partial charge < -0.3 is 29.7 Å². The molecule has 0 heterocycles. The van der Waals surface area contributed by atoms with Crippen molar-refractivity contribution in [2.24, 2.45) is 0 Å². The van der Waals surface area contributed by atoms with Gasteiger partial charge in [0.15, 0.2) is 0 Å². The van der Waals surface area contributed by atoms with Gasteiger partial charge in [0.05, 0.1) is 0 Å². The molecule has 0 bridgehead atoms. The largest absolute Gasteiger partial charge is 3.00 e. The van der Waals surface area contributed by atoms with Gasteiger partial charge in [0, 0.05) is 17.9 Å². The molecule has 0 rings (SSSR count). The molecule has 0 aliphatic carbocycles. The van der Waals surface area contributed by atoms with Crippen molar-refractivity contribution in [3.05, 3.63) is 36.5 Å². The van der Waals surface area contributed by atoms with Crippen LogP contribution in [-0.4, -0.2) is 17.9 Å². The van der Waals surface area contributed by atoms with E-state index in [1.807, 2.05) is 0 Å². The van der Waals surface area contributed by atoms with Crippen LogP contribution in [0.1, 0.15) is 290 Å². The molecular formula is C54H99LaO6. The average Bonchev–Trinajstić information content (AvgIpc) is 3.22. The molecular weight excluding hydrogens is 883 g/mol. The van der Waals surface area contributed by atoms with Crippen LogP contribution in [0, 0.1) is 35.6 Å². The number of unbranched alkanes of at least 4 members (excludes halogenated alkanes) is 33. The van der Waals surface area contributed by atoms with Gasteiger partial charge in [-0.25, -0.2) is 0 Å². The van der Waals surface area contributed by atoms with Crippen molar-refractivity contribution in [1.29, 1.82) is 0 Å². The zero-order valence-corrected chi connectivity index (χ0v) is 44.3. The number of hydrogen-bond acceptors (Lipinski definition) is 6. The van der Waals surface area contributed by atoms with Gasteiger partial charge >= 0.3 is 35.6 Å². The number of carboxylic acid groups (broad SMARTS) is 3. The predicted molar refractivity (Wildman–Crippen MR) is 253 cm³/mol. The first-order valence-electron chi connectivity index (χ1n) is 25.9. The molecule has 0 atom stereocenters. The SMILES string of the molecule is CCCCCCCCC=CCCCCCCCC(=O)[O-].CCCCCCCCC=CCCCCCCCC(=O)[O-].CCCCCCCCC=CCCCCCCCC(=O)[O-].[La+3]. The molecule has 61 heavy (non-hydrogen) atoms. The quantitative estimate of drug-likeness (QED) is 0.0443. The molecule has 0 saturated heterocycles. The van der Waals surface area contributed by atoms with Gasteiger partial charge in [-0.2, -0.15) is 0 Å². The summed E-state index contributed by atoms with van der Waals surface area (Å²) in [6.07, 6.45) is 62.7. The summed E-state index contributed by atoms with van der Waals surface area (Å²) in [4.78, 5) is 30.6. The van der Waals surface area contributed by atoms with Crippen LogP contribution >= 0.6 is 0 Å². The van der Waals surface area contributed by atoms with Crippen molar-refractivity contribution < 1.29 is 65.3 Å². The van der Waals surface area contributed by atoms with Crippen molar-refractivity contribution >= 4 is 17.9 Å². The molecule has 0 fully saturated rings. The first-order valence-corrected chi connectivity index (χ1v) is 25.9. The zero-order valence-electron chi connectivity index (χ0n) is 40.7. The molecule has 354 valence electrons. The monoisotopic (exact) mass is 983 g/mol. The Kier molecular flexibility index (Phi) is 68.7. The molecule has 0 N–H and O–H groups in total. The molecule has 0 unspecified atom stereocenters. The third kappa shape index (κ3) is 76.5. The van der Waals surface area contributed by atoms with Gasteiger partial charge in [-0.3, -0.25) is 0 Å². The van der Waals surface area contributed by atoms with Gasteiger partial charge in [0.25, 0.3) is 0 Å². The molecule has 0 aliphatic heterocycles. The fourth-order valence-corrected chi connectivity index (χ4v) is 7.02. The van der Waals surface area contributed by atoms with E-state index in [4.69, 9.17) is 0 Å². The summed E-state index contributed by atoms with van der Waals surface area (Å²) in [5.41, 5.74) is 0. The third-order valence-corrected chi connectivity index (χ3v) is 10.9. The second-order valence-corrected chi connectivity index (χ2v) is 17.1. The summed E-state index contributed by atoms with van der Waals surface area (Å²) in [5.74, 6) is -2.74. The molecule has 0 spiro atoms. The number of aliphatic carboxylic acids is 3. The van der Waals surface area contributed by atoms with Crippen LogP contribution in [0.2, 0.25) is 0 Å². The summed E-state index contributed by atoms with van der Waals surface area (Å²) in [7, 11) is 0. The van der Waals surface area contributed by atoms with Crippen molar-refractivity contribution in [1.82, 2.24) is 0 Å². The summed E-state index contributed by atoms with van der Waals surface area (Å²) < 4.78 is 0. The van der Waals surface area contributed by atoms with Crippen LogP contribution in [0.5, 0.6) is 0 Å². The maximum Gasteiger partial charge on any atom is 3.00 e. The fourth-order valence-electron chi connectivity index (χ4n) is 7.02. The van der Waals surface area contributed by atoms with Gasteiger partial charge in [-0.1, -0.05) is 211 Å². The van der Waals surface area contributed by atoms with E-state index in [0.29, 0.717) is 0 Å². The van der Waals surface area contributed by atoms with E-state index in [-0.39, 0.29) is 54.9 Å². The van der Waals surface area contributed by atoms with E-state index in [0.717, 1.165) is 57.8 Å². The molecule has 6 nitrogen and oxygen atoms in total. The Hall–Kier alpha value is -1.18. The minimum Gasteiger partial charge on any atom is -0.550 e. The molecule has 0 amide bonds. The molecule has 7 heteroatoms. The summed E-state index contributed by atoms with van der Waals surface area (Å²) in [5, 5.41) is 30.6. The Labute approximate surface area is 407 Å². The maximum absolute atomic E-state index is 10.2. The molecule has 0 aromatic rings. The average molecular weight is 983 g/mol. The third-order valence-electron chi connectivity index (χ3n) is 10.9. The maximum atomic E-state index is 10.2. The van der Waals surface area contributed by atoms with E-state index in [2.05, 4.69) is 57.2 Å². The topological polar surface area (TPSA) is 120 Å². The van der Waals surface area contributed by atoms with Crippen molar-refractivity contribution in [3.63, 3.8) is 0 Å². The first kappa shape index (κ1) is 66.4. The van der Waals surface area contributed by atoms with E-state index in [1.165, 1.54) is 193 Å². The number of carboxylic acids is 3. The van der Waals surface area contributed by atoms with E-state index >= 15 is 0 Å². The first-order chi connectivity index (χ1) is 29.3. The Balaban J connectivity index is -0.000000396. The van der Waals surface area contributed by atoms with Crippen molar-refractivity contribution in [2.45, 2.75) is 290 Å². The number of allylic oxidation sites excluding steroid dienone is 6. The standard InChI is InChI=1S/3C18H34O2.La/c3*1-2-3-4-5-6-7-8-9-10-11-12-13-14-15-16-17-18(19)20;/h3*9-10H,2-8,11-17H2,1H3,(H,19,20);/q;;;+3/p-3. The van der Waals surface area contributed by atoms with Gasteiger partial charge in [-0.15, -0.1) is 0 Å². The molecule has 0 aromatic carbocycles. The fraction of sp³-hybridized carbons (Fsp3) is 0.833. The molecule has 0 aromatic heterocycles. The molecule has 0 aliphatic rings. The van der Waals surface area contributed by atoms with Crippen LogP contribution in [0.25, 0.3) is 0 Å². The number of hydrogen-bond donors (Lipinski definition) is 0. The predicted octanol–water partition coefficient (Wildman–Crippen LogP) is 14.3. The van der Waals surface area contributed by atoms with Crippen LogP contribution in [0.4, 0.5) is 0 Å². The number of rotatable bonds is 45. The summed E-state index contributed by atoms with van der Waals surface area (Å²) >= 11 is 0. The second-order valence-electron chi connectivity index (χ2n) is 17.1. The Morgan fingerprint density at radius 2 is 0.410 bits per heavy atom. The Morgan fingerprint density at radius 1 is 0.262 bits per heavy atom.